The van der Waals surface area contributed by atoms with Gasteiger partial charge in [0.1, 0.15) is 0 Å². The van der Waals surface area contributed by atoms with Gasteiger partial charge < -0.3 is 16.0 Å². The van der Waals surface area contributed by atoms with Gasteiger partial charge in [-0.25, -0.2) is 4.79 Å². The highest BCUT2D eigenvalue weighted by Crippen LogP contribution is 2.23. The molecule has 2 aromatic rings. The fourth-order valence-corrected chi connectivity index (χ4v) is 3.49. The molecule has 0 bridgehead atoms. The van der Waals surface area contributed by atoms with Crippen LogP contribution in [-0.2, 0) is 11.3 Å². The molecule has 2 rings (SSSR count). The Balaban J connectivity index is 1.98. The number of thiophene rings is 1. The second kappa shape index (κ2) is 8.75. The monoisotopic (exact) mass is 363 g/mol. The first-order valence-electron chi connectivity index (χ1n) is 7.46. The Hall–Kier alpha value is -1.99. The van der Waals surface area contributed by atoms with Crippen molar-refractivity contribution in [3.05, 3.63) is 52.2 Å². The summed E-state index contributed by atoms with van der Waals surface area (Å²) in [5.74, 6) is -0.0453. The molecule has 1 aromatic heterocycles. The summed E-state index contributed by atoms with van der Waals surface area (Å²) in [6, 6.07) is 10.9. The van der Waals surface area contributed by atoms with Crippen LogP contribution in [-0.4, -0.2) is 30.1 Å². The average Bonchev–Trinajstić information content (AvgIpc) is 3.09. The van der Waals surface area contributed by atoms with Crippen molar-refractivity contribution in [1.29, 1.82) is 0 Å². The van der Waals surface area contributed by atoms with E-state index in [-0.39, 0.29) is 12.3 Å². The van der Waals surface area contributed by atoms with Gasteiger partial charge in [0.05, 0.1) is 12.5 Å². The van der Waals surface area contributed by atoms with Crippen LogP contribution in [0.2, 0.25) is 0 Å². The summed E-state index contributed by atoms with van der Waals surface area (Å²) in [6.45, 7) is 0.529. The number of hydrogen-bond donors (Lipinski definition) is 2. The minimum atomic E-state index is -0.628. The molecule has 0 unspecified atom stereocenters. The quantitative estimate of drug-likeness (QED) is 0.742. The third kappa shape index (κ3) is 5.28. The normalized spacial score (nSPS) is 11.8. The van der Waals surface area contributed by atoms with E-state index < -0.39 is 12.1 Å². The molecule has 0 saturated heterocycles. The third-order valence-corrected chi connectivity index (χ3v) is 5.32. The summed E-state index contributed by atoms with van der Waals surface area (Å²) in [5.41, 5.74) is 6.30. The lowest BCUT2D eigenvalue weighted by molar-refractivity contribution is -0.130. The summed E-state index contributed by atoms with van der Waals surface area (Å²) >= 11 is 3.18. The Morgan fingerprint density at radius 3 is 2.54 bits per heavy atom. The number of amides is 3. The molecule has 0 aliphatic heterocycles. The van der Waals surface area contributed by atoms with Crippen LogP contribution in [0.4, 0.5) is 4.79 Å². The van der Waals surface area contributed by atoms with Gasteiger partial charge in [-0.05, 0) is 35.4 Å². The molecule has 0 saturated carbocycles. The van der Waals surface area contributed by atoms with Crippen LogP contribution in [0.15, 0.2) is 46.7 Å². The number of primary amides is 1. The van der Waals surface area contributed by atoms with E-state index in [4.69, 9.17) is 5.73 Å². The molecule has 0 radical (unpaired) electrons. The highest BCUT2D eigenvalue weighted by Gasteiger charge is 2.20. The van der Waals surface area contributed by atoms with E-state index in [1.807, 2.05) is 48.0 Å². The van der Waals surface area contributed by atoms with Crippen molar-refractivity contribution >= 4 is 35.0 Å². The van der Waals surface area contributed by atoms with Gasteiger partial charge in [0.15, 0.2) is 0 Å². The molecule has 1 aromatic carbocycles. The second-order valence-electron chi connectivity index (χ2n) is 5.38. The minimum Gasteiger partial charge on any atom is -0.352 e. The Kier molecular flexibility index (Phi) is 6.69. The van der Waals surface area contributed by atoms with Crippen LogP contribution in [0, 0.1) is 0 Å². The summed E-state index contributed by atoms with van der Waals surface area (Å²) in [5, 5.41) is 4.56. The van der Waals surface area contributed by atoms with Crippen LogP contribution in [0.1, 0.15) is 22.9 Å². The van der Waals surface area contributed by atoms with E-state index in [2.05, 4.69) is 5.32 Å². The highest BCUT2D eigenvalue weighted by atomic mass is 32.2. The molecule has 3 N–H and O–H groups in total. The van der Waals surface area contributed by atoms with Crippen molar-refractivity contribution in [2.75, 3.05) is 13.3 Å². The second-order valence-corrected chi connectivity index (χ2v) is 7.24. The highest BCUT2D eigenvalue weighted by molar-refractivity contribution is 7.98. The Morgan fingerprint density at radius 2 is 2.00 bits per heavy atom. The van der Waals surface area contributed by atoms with Crippen molar-refractivity contribution in [2.45, 2.75) is 23.9 Å². The van der Waals surface area contributed by atoms with E-state index in [1.54, 1.807) is 23.7 Å². The minimum absolute atomic E-state index is 0.0453. The molecule has 0 spiro atoms. The van der Waals surface area contributed by atoms with Gasteiger partial charge in [0.2, 0.25) is 5.91 Å². The van der Waals surface area contributed by atoms with Gasteiger partial charge >= 0.3 is 6.03 Å². The summed E-state index contributed by atoms with van der Waals surface area (Å²) in [6.07, 6.45) is 2.21. The number of nitrogens with one attached hydrogen (secondary N) is 1. The van der Waals surface area contributed by atoms with Crippen molar-refractivity contribution in [2.24, 2.45) is 5.73 Å². The summed E-state index contributed by atoms with van der Waals surface area (Å²) in [4.78, 5) is 27.5. The topological polar surface area (TPSA) is 75.4 Å². The maximum absolute atomic E-state index is 12.5. The molecule has 128 valence electrons. The molecule has 3 amide bonds. The van der Waals surface area contributed by atoms with Gasteiger partial charge in [0.25, 0.3) is 0 Å². The number of carbonyl (C=O) groups is 2. The van der Waals surface area contributed by atoms with E-state index in [0.717, 1.165) is 10.4 Å². The molecule has 7 heteroatoms. The van der Waals surface area contributed by atoms with Crippen LogP contribution >= 0.6 is 23.1 Å². The van der Waals surface area contributed by atoms with Gasteiger partial charge in [0, 0.05) is 23.4 Å². The number of carbonyl (C=O) groups excluding carboxylic acids is 2. The zero-order valence-electron chi connectivity index (χ0n) is 13.7. The number of nitrogens with zero attached hydrogens (tertiary/aromatic N) is 1. The molecule has 5 nitrogen and oxygen atoms in total. The van der Waals surface area contributed by atoms with Gasteiger partial charge in [-0.2, -0.15) is 0 Å². The largest absolute Gasteiger partial charge is 0.352 e. The van der Waals surface area contributed by atoms with Crippen molar-refractivity contribution in [3.8, 4) is 0 Å². The van der Waals surface area contributed by atoms with E-state index in [1.165, 1.54) is 16.2 Å². The number of benzene rings is 1. The van der Waals surface area contributed by atoms with Crippen molar-refractivity contribution < 1.29 is 9.59 Å². The van der Waals surface area contributed by atoms with Crippen LogP contribution in [0.3, 0.4) is 0 Å². The first-order chi connectivity index (χ1) is 11.5. The van der Waals surface area contributed by atoms with Crippen LogP contribution in [0.25, 0.3) is 0 Å². The first kappa shape index (κ1) is 18.4. The Bertz CT molecular complexity index is 672. The standard InChI is InChI=1S/C17H21N3O2S2/c1-20(11-12-5-7-13(23-2)8-6-12)16(21)10-14(19-17(18)22)15-4-3-9-24-15/h3-9,14H,10-11H2,1-2H3,(H3,18,19,22)/t14-/m0/s1. The molecule has 0 aliphatic carbocycles. The SMILES string of the molecule is CSc1ccc(CN(C)C(=O)C[C@H](NC(N)=O)c2cccs2)cc1. The van der Waals surface area contributed by atoms with Crippen molar-refractivity contribution in [1.82, 2.24) is 10.2 Å². The summed E-state index contributed by atoms with van der Waals surface area (Å²) in [7, 11) is 1.76. The van der Waals surface area contributed by atoms with Gasteiger partial charge in [-0.15, -0.1) is 23.1 Å². The lowest BCUT2D eigenvalue weighted by Crippen LogP contribution is -2.36. The third-order valence-electron chi connectivity index (χ3n) is 3.59. The van der Waals surface area contributed by atoms with E-state index in [0.29, 0.717) is 6.54 Å². The van der Waals surface area contributed by atoms with Crippen LogP contribution < -0.4 is 11.1 Å². The lowest BCUT2D eigenvalue weighted by Gasteiger charge is -2.21. The number of hydrogen-bond acceptors (Lipinski definition) is 4. The molecular weight excluding hydrogens is 342 g/mol. The zero-order chi connectivity index (χ0) is 17.5. The maximum Gasteiger partial charge on any atom is 0.312 e. The van der Waals surface area contributed by atoms with Crippen molar-refractivity contribution in [3.63, 3.8) is 0 Å². The lowest BCUT2D eigenvalue weighted by atomic mass is 10.1. The van der Waals surface area contributed by atoms with Crippen LogP contribution in [0.5, 0.6) is 0 Å². The molecule has 1 atom stereocenters. The number of thioether (sulfide) groups is 1. The average molecular weight is 364 g/mol. The number of rotatable bonds is 7. The molecule has 1 heterocycles. The fraction of sp³-hybridized carbons (Fsp3) is 0.294. The van der Waals surface area contributed by atoms with Gasteiger partial charge in [-0.1, -0.05) is 18.2 Å². The molecule has 0 aliphatic rings. The van der Waals surface area contributed by atoms with Gasteiger partial charge in [-0.3, -0.25) is 4.79 Å². The Morgan fingerprint density at radius 1 is 1.29 bits per heavy atom. The predicted molar refractivity (Wildman–Crippen MR) is 99.1 cm³/mol. The van der Waals surface area contributed by atoms with E-state index in [9.17, 15) is 9.59 Å². The smallest absolute Gasteiger partial charge is 0.312 e. The summed E-state index contributed by atoms with van der Waals surface area (Å²) < 4.78 is 0. The Labute approximate surface area is 150 Å². The molecular formula is C17H21N3O2S2. The first-order valence-corrected chi connectivity index (χ1v) is 9.56. The number of nitrogens with two attached hydrogens (primary N) is 1. The molecule has 0 fully saturated rings. The zero-order valence-corrected chi connectivity index (χ0v) is 15.3. The maximum atomic E-state index is 12.5. The fourth-order valence-electron chi connectivity index (χ4n) is 2.31. The van der Waals surface area contributed by atoms with E-state index >= 15 is 0 Å². The molecule has 24 heavy (non-hydrogen) atoms. The predicted octanol–water partition coefficient (Wildman–Crippen LogP) is 3.23. The number of urea groups is 1.